The molecule has 33 heavy (non-hydrogen) atoms. The van der Waals surface area contributed by atoms with Crippen molar-refractivity contribution in [1.29, 1.82) is 0 Å². The molecular formula is C25H25FN4O3. The monoisotopic (exact) mass is 448 g/mol. The molecule has 0 aliphatic carbocycles. The highest BCUT2D eigenvalue weighted by Crippen LogP contribution is 2.32. The van der Waals surface area contributed by atoms with Crippen molar-refractivity contribution in [3.05, 3.63) is 83.6 Å². The number of aromatic nitrogens is 2. The summed E-state index contributed by atoms with van der Waals surface area (Å²) >= 11 is 0. The van der Waals surface area contributed by atoms with Crippen LogP contribution >= 0.6 is 0 Å². The van der Waals surface area contributed by atoms with E-state index in [1.54, 1.807) is 61.5 Å². The summed E-state index contributed by atoms with van der Waals surface area (Å²) in [4.78, 5) is 35.7. The van der Waals surface area contributed by atoms with E-state index in [0.717, 1.165) is 0 Å². The van der Waals surface area contributed by atoms with Crippen LogP contribution in [0.3, 0.4) is 0 Å². The van der Waals surface area contributed by atoms with Crippen molar-refractivity contribution in [2.75, 3.05) is 19.7 Å². The molecule has 170 valence electrons. The van der Waals surface area contributed by atoms with E-state index in [-0.39, 0.29) is 18.3 Å². The first-order chi connectivity index (χ1) is 15.8. The van der Waals surface area contributed by atoms with Gasteiger partial charge in [0.1, 0.15) is 11.9 Å². The van der Waals surface area contributed by atoms with Crippen LogP contribution in [0.25, 0.3) is 11.3 Å². The lowest BCUT2D eigenvalue weighted by molar-refractivity contribution is -0.144. The Morgan fingerprint density at radius 3 is 2.64 bits per heavy atom. The van der Waals surface area contributed by atoms with Gasteiger partial charge in [-0.1, -0.05) is 24.3 Å². The van der Waals surface area contributed by atoms with Gasteiger partial charge in [-0.25, -0.2) is 4.39 Å². The van der Waals surface area contributed by atoms with E-state index in [1.807, 2.05) is 6.07 Å². The highest BCUT2D eigenvalue weighted by atomic mass is 19.1. The number of hydrogen-bond acceptors (Lipinski definition) is 5. The minimum atomic E-state index is -0.912. The quantitative estimate of drug-likeness (QED) is 0.646. The van der Waals surface area contributed by atoms with Gasteiger partial charge in [0.05, 0.1) is 30.0 Å². The third-order valence-corrected chi connectivity index (χ3v) is 5.89. The Morgan fingerprint density at radius 1 is 1.12 bits per heavy atom. The molecule has 1 saturated heterocycles. The Labute approximate surface area is 191 Å². The lowest BCUT2D eigenvalue weighted by Gasteiger charge is -2.38. The van der Waals surface area contributed by atoms with Crippen LogP contribution in [0.5, 0.6) is 0 Å². The predicted molar refractivity (Wildman–Crippen MR) is 121 cm³/mol. The van der Waals surface area contributed by atoms with Crippen LogP contribution < -0.4 is 5.73 Å². The van der Waals surface area contributed by atoms with Crippen LogP contribution in [0, 0.1) is 5.82 Å². The molecule has 0 radical (unpaired) electrons. The van der Waals surface area contributed by atoms with Gasteiger partial charge in [0.15, 0.2) is 0 Å². The Morgan fingerprint density at radius 2 is 1.88 bits per heavy atom. The molecule has 2 N–H and O–H groups in total. The summed E-state index contributed by atoms with van der Waals surface area (Å²) in [6, 6.07) is 13.0. The van der Waals surface area contributed by atoms with Crippen molar-refractivity contribution in [1.82, 2.24) is 14.9 Å². The molecule has 1 aromatic heterocycles. The molecule has 8 heteroatoms. The average Bonchev–Trinajstić information content (AvgIpc) is 2.83. The number of carbonyl (C=O) groups is 2. The normalized spacial score (nSPS) is 16.5. The number of primary amides is 1. The maximum Gasteiger partial charge on any atom is 0.248 e. The Bertz CT molecular complexity index is 1200. The molecule has 7 nitrogen and oxygen atoms in total. The molecule has 3 aromatic rings. The van der Waals surface area contributed by atoms with E-state index in [9.17, 15) is 14.0 Å². The number of hydrogen-bond donors (Lipinski definition) is 1. The Balaban J connectivity index is 1.62. The highest BCUT2D eigenvalue weighted by molar-refractivity contribution is 5.94. The highest BCUT2D eigenvalue weighted by Gasteiger charge is 2.37. The minimum absolute atomic E-state index is 0.123. The number of nitrogens with two attached hydrogens (primary N) is 1. The van der Waals surface area contributed by atoms with Crippen LogP contribution in [-0.2, 0) is 14.9 Å². The standard InChI is InChI=1S/C25H25FN4O3/c1-25(2,18-7-4-8-19(26)14-18)24(32)30-11-12-33-20(15-30)22-21(28-9-10-29-22)16-5-3-6-17(13-16)23(27)31/h3-10,13-14,20H,11-12,15H2,1-2H3,(H2,27,31). The second-order valence-electron chi connectivity index (χ2n) is 8.48. The molecule has 4 rings (SSSR count). The number of benzene rings is 2. The molecule has 2 amide bonds. The second kappa shape index (κ2) is 9.07. The lowest BCUT2D eigenvalue weighted by Crippen LogP contribution is -2.49. The molecule has 1 aliphatic rings. The number of carbonyl (C=O) groups excluding carboxylic acids is 2. The number of halogens is 1. The van der Waals surface area contributed by atoms with Gasteiger partial charge in [-0.15, -0.1) is 0 Å². The molecule has 1 atom stereocenters. The van der Waals surface area contributed by atoms with Crippen molar-refractivity contribution in [2.45, 2.75) is 25.4 Å². The molecular weight excluding hydrogens is 423 g/mol. The van der Waals surface area contributed by atoms with Gasteiger partial charge < -0.3 is 15.4 Å². The fourth-order valence-corrected chi connectivity index (χ4v) is 4.02. The van der Waals surface area contributed by atoms with Crippen LogP contribution in [0.4, 0.5) is 4.39 Å². The van der Waals surface area contributed by atoms with Crippen molar-refractivity contribution < 1.29 is 18.7 Å². The summed E-state index contributed by atoms with van der Waals surface area (Å²) in [6.07, 6.45) is 2.62. The lowest BCUT2D eigenvalue weighted by atomic mass is 9.83. The fraction of sp³-hybridized carbons (Fsp3) is 0.280. The molecule has 2 aromatic carbocycles. The summed E-state index contributed by atoms with van der Waals surface area (Å²) in [6.45, 7) is 4.60. The maximum absolute atomic E-state index is 13.8. The predicted octanol–water partition coefficient (Wildman–Crippen LogP) is 3.26. The summed E-state index contributed by atoms with van der Waals surface area (Å²) in [5.74, 6) is -1.04. The van der Waals surface area contributed by atoms with Gasteiger partial charge >= 0.3 is 0 Å². The van der Waals surface area contributed by atoms with Crippen molar-refractivity contribution in [2.24, 2.45) is 5.73 Å². The zero-order chi connectivity index (χ0) is 23.6. The average molecular weight is 448 g/mol. The second-order valence-corrected chi connectivity index (χ2v) is 8.48. The summed E-state index contributed by atoms with van der Waals surface area (Å²) < 4.78 is 19.8. The summed E-state index contributed by atoms with van der Waals surface area (Å²) in [5.41, 5.74) is 7.30. The van der Waals surface area contributed by atoms with E-state index in [0.29, 0.717) is 41.2 Å². The van der Waals surface area contributed by atoms with Crippen LogP contribution in [0.1, 0.15) is 41.6 Å². The van der Waals surface area contributed by atoms with Crippen molar-refractivity contribution in [3.63, 3.8) is 0 Å². The van der Waals surface area contributed by atoms with Gasteiger partial charge in [0.25, 0.3) is 0 Å². The number of ether oxygens (including phenoxy) is 1. The van der Waals surface area contributed by atoms with Gasteiger partial charge in [-0.05, 0) is 43.7 Å². The van der Waals surface area contributed by atoms with Crippen molar-refractivity contribution in [3.8, 4) is 11.3 Å². The van der Waals surface area contributed by atoms with E-state index in [4.69, 9.17) is 10.5 Å². The van der Waals surface area contributed by atoms with Crippen LogP contribution in [0.2, 0.25) is 0 Å². The third-order valence-electron chi connectivity index (χ3n) is 5.89. The summed E-state index contributed by atoms with van der Waals surface area (Å²) in [5, 5.41) is 0. The third kappa shape index (κ3) is 4.61. The Kier molecular flexibility index (Phi) is 6.20. The topological polar surface area (TPSA) is 98.4 Å². The maximum atomic E-state index is 13.8. The number of nitrogens with zero attached hydrogens (tertiary/aromatic N) is 3. The minimum Gasteiger partial charge on any atom is -0.368 e. The van der Waals surface area contributed by atoms with Gasteiger partial charge in [0.2, 0.25) is 11.8 Å². The van der Waals surface area contributed by atoms with E-state index < -0.39 is 17.4 Å². The molecule has 1 fully saturated rings. The molecule has 0 bridgehead atoms. The number of morpholine rings is 1. The zero-order valence-corrected chi connectivity index (χ0v) is 18.5. The first-order valence-electron chi connectivity index (χ1n) is 10.7. The molecule has 0 saturated carbocycles. The first-order valence-corrected chi connectivity index (χ1v) is 10.7. The molecule has 2 heterocycles. The smallest absolute Gasteiger partial charge is 0.248 e. The van der Waals surface area contributed by atoms with E-state index in [1.165, 1.54) is 12.1 Å². The number of amides is 2. The molecule has 1 aliphatic heterocycles. The molecule has 1 unspecified atom stereocenters. The van der Waals surface area contributed by atoms with Gasteiger partial charge in [-0.2, -0.15) is 0 Å². The van der Waals surface area contributed by atoms with E-state index in [2.05, 4.69) is 9.97 Å². The van der Waals surface area contributed by atoms with Crippen LogP contribution in [-0.4, -0.2) is 46.4 Å². The largest absolute Gasteiger partial charge is 0.368 e. The molecule has 0 spiro atoms. The van der Waals surface area contributed by atoms with E-state index >= 15 is 0 Å². The van der Waals surface area contributed by atoms with Crippen LogP contribution in [0.15, 0.2) is 60.9 Å². The SMILES string of the molecule is CC(C)(C(=O)N1CCOC(c2nccnc2-c2cccc(C(N)=O)c2)C1)c1cccc(F)c1. The van der Waals surface area contributed by atoms with Gasteiger partial charge in [0, 0.05) is 30.1 Å². The fourth-order valence-electron chi connectivity index (χ4n) is 4.02. The first kappa shape index (κ1) is 22.5. The number of rotatable bonds is 5. The summed E-state index contributed by atoms with van der Waals surface area (Å²) in [7, 11) is 0. The van der Waals surface area contributed by atoms with Crippen molar-refractivity contribution >= 4 is 11.8 Å². The zero-order valence-electron chi connectivity index (χ0n) is 18.5. The van der Waals surface area contributed by atoms with Gasteiger partial charge in [-0.3, -0.25) is 19.6 Å². The Hall–Kier alpha value is -3.65.